The maximum absolute atomic E-state index is 12.4. The van der Waals surface area contributed by atoms with Crippen molar-refractivity contribution in [2.24, 2.45) is 23.2 Å². The maximum Gasteiger partial charge on any atom is 0.309 e. The quantitative estimate of drug-likeness (QED) is 0.673. The summed E-state index contributed by atoms with van der Waals surface area (Å²) in [6.07, 6.45) is 4.17. The van der Waals surface area contributed by atoms with Crippen molar-refractivity contribution in [1.82, 2.24) is 0 Å². The van der Waals surface area contributed by atoms with E-state index in [-0.39, 0.29) is 29.5 Å². The highest BCUT2D eigenvalue weighted by molar-refractivity contribution is 6.00. The van der Waals surface area contributed by atoms with Gasteiger partial charge in [-0.05, 0) is 37.8 Å². The molecule has 0 unspecified atom stereocenters. The summed E-state index contributed by atoms with van der Waals surface area (Å²) in [5.74, 6) is -0.548. The van der Waals surface area contributed by atoms with Gasteiger partial charge in [-0.3, -0.25) is 9.59 Å². The fraction of sp³-hybridized carbons (Fsp3) is 0.733. The fourth-order valence-electron chi connectivity index (χ4n) is 4.16. The van der Waals surface area contributed by atoms with Crippen LogP contribution >= 0.6 is 0 Å². The molecule has 0 radical (unpaired) electrons. The van der Waals surface area contributed by atoms with E-state index in [0.717, 1.165) is 12.8 Å². The van der Waals surface area contributed by atoms with Crippen LogP contribution in [0.15, 0.2) is 12.2 Å². The van der Waals surface area contributed by atoms with Gasteiger partial charge < -0.3 is 9.84 Å². The third-order valence-electron chi connectivity index (χ3n) is 5.73. The summed E-state index contributed by atoms with van der Waals surface area (Å²) in [7, 11) is 0. The molecule has 1 aliphatic heterocycles. The minimum absolute atomic E-state index is 0.0169. The standard InChI is InChI=1S/C15H20O4/c1-8-4-5-10-9(2)13(17)19-12(10)14(3)11(16)6-7-15(8,14)18/h6-10,12,18H,4-5H2,1-3H3/t8-,9+,10-,12+,14-,15-/m0/s1. The van der Waals surface area contributed by atoms with Crippen molar-refractivity contribution >= 4 is 11.8 Å². The maximum atomic E-state index is 12.4. The summed E-state index contributed by atoms with van der Waals surface area (Å²) < 4.78 is 5.50. The fourth-order valence-corrected chi connectivity index (χ4v) is 4.16. The molecule has 0 aromatic rings. The summed E-state index contributed by atoms with van der Waals surface area (Å²) in [4.78, 5) is 24.2. The van der Waals surface area contributed by atoms with Crippen LogP contribution in [0, 0.1) is 23.2 Å². The molecule has 1 saturated carbocycles. The van der Waals surface area contributed by atoms with Gasteiger partial charge in [0.1, 0.15) is 11.7 Å². The third-order valence-corrected chi connectivity index (χ3v) is 5.73. The van der Waals surface area contributed by atoms with Crippen molar-refractivity contribution in [3.63, 3.8) is 0 Å². The summed E-state index contributed by atoms with van der Waals surface area (Å²) >= 11 is 0. The molecule has 1 saturated heterocycles. The molecular formula is C15H20O4. The molecule has 0 spiro atoms. The Kier molecular flexibility index (Phi) is 2.50. The van der Waals surface area contributed by atoms with Crippen molar-refractivity contribution < 1.29 is 19.4 Å². The van der Waals surface area contributed by atoms with Gasteiger partial charge in [0.15, 0.2) is 5.78 Å². The van der Waals surface area contributed by atoms with E-state index < -0.39 is 17.1 Å². The number of fused-ring (bicyclic) bond motifs is 3. The van der Waals surface area contributed by atoms with Crippen molar-refractivity contribution in [1.29, 1.82) is 0 Å². The molecule has 19 heavy (non-hydrogen) atoms. The number of carbonyl (C=O) groups is 2. The van der Waals surface area contributed by atoms with Crippen LogP contribution < -0.4 is 0 Å². The van der Waals surface area contributed by atoms with E-state index in [0.29, 0.717) is 0 Å². The summed E-state index contributed by atoms with van der Waals surface area (Å²) in [5.41, 5.74) is -2.23. The van der Waals surface area contributed by atoms with Gasteiger partial charge in [0.2, 0.25) is 0 Å². The predicted molar refractivity (Wildman–Crippen MR) is 68.1 cm³/mol. The first-order valence-corrected chi connectivity index (χ1v) is 6.99. The van der Waals surface area contributed by atoms with E-state index in [1.165, 1.54) is 6.08 Å². The highest BCUT2D eigenvalue weighted by atomic mass is 16.6. The van der Waals surface area contributed by atoms with Crippen molar-refractivity contribution in [2.75, 3.05) is 0 Å². The molecule has 0 aromatic heterocycles. The Bertz CT molecular complexity index is 483. The molecule has 0 aromatic carbocycles. The Morgan fingerprint density at radius 2 is 2.00 bits per heavy atom. The van der Waals surface area contributed by atoms with Gasteiger partial charge in [-0.25, -0.2) is 0 Å². The molecule has 0 bridgehead atoms. The first-order valence-electron chi connectivity index (χ1n) is 6.99. The van der Waals surface area contributed by atoms with Gasteiger partial charge >= 0.3 is 5.97 Å². The predicted octanol–water partition coefficient (Wildman–Crippen LogP) is 1.47. The van der Waals surface area contributed by atoms with Crippen molar-refractivity contribution in [2.45, 2.75) is 45.3 Å². The molecule has 2 fully saturated rings. The number of rotatable bonds is 0. The third kappa shape index (κ3) is 1.33. The zero-order valence-electron chi connectivity index (χ0n) is 11.6. The van der Waals surface area contributed by atoms with E-state index in [1.807, 2.05) is 13.8 Å². The molecule has 4 nitrogen and oxygen atoms in total. The first kappa shape index (κ1) is 12.9. The summed E-state index contributed by atoms with van der Waals surface area (Å²) in [5, 5.41) is 11.0. The molecule has 4 heteroatoms. The molecule has 104 valence electrons. The zero-order valence-corrected chi connectivity index (χ0v) is 11.6. The minimum Gasteiger partial charge on any atom is -0.461 e. The lowest BCUT2D eigenvalue weighted by Gasteiger charge is -2.43. The second-order valence-corrected chi connectivity index (χ2v) is 6.51. The van der Waals surface area contributed by atoms with Crippen LogP contribution in [0.25, 0.3) is 0 Å². The van der Waals surface area contributed by atoms with Crippen LogP contribution in [0.4, 0.5) is 0 Å². The summed E-state index contributed by atoms with van der Waals surface area (Å²) in [6, 6.07) is 0. The number of hydrogen-bond donors (Lipinski definition) is 1. The Hall–Kier alpha value is -1.16. The zero-order chi connectivity index (χ0) is 14.0. The van der Waals surface area contributed by atoms with Crippen molar-refractivity contribution in [3.05, 3.63) is 12.2 Å². The molecule has 1 heterocycles. The van der Waals surface area contributed by atoms with Crippen LogP contribution in [0.5, 0.6) is 0 Å². The Morgan fingerprint density at radius 3 is 2.68 bits per heavy atom. The minimum atomic E-state index is -1.20. The van der Waals surface area contributed by atoms with Crippen LogP contribution in [-0.2, 0) is 14.3 Å². The van der Waals surface area contributed by atoms with E-state index in [9.17, 15) is 14.7 Å². The lowest BCUT2D eigenvalue weighted by Crippen LogP contribution is -2.56. The van der Waals surface area contributed by atoms with Crippen LogP contribution in [0.2, 0.25) is 0 Å². The molecule has 1 N–H and O–H groups in total. The number of ether oxygens (including phenoxy) is 1. The Balaban J connectivity index is 2.13. The van der Waals surface area contributed by atoms with Crippen LogP contribution in [0.1, 0.15) is 33.6 Å². The second-order valence-electron chi connectivity index (χ2n) is 6.51. The van der Waals surface area contributed by atoms with Gasteiger partial charge in [0.25, 0.3) is 0 Å². The van der Waals surface area contributed by atoms with Gasteiger partial charge in [-0.2, -0.15) is 0 Å². The number of aliphatic hydroxyl groups is 1. The average molecular weight is 264 g/mol. The Morgan fingerprint density at radius 1 is 1.32 bits per heavy atom. The molecular weight excluding hydrogens is 244 g/mol. The van der Waals surface area contributed by atoms with E-state index in [2.05, 4.69) is 0 Å². The monoisotopic (exact) mass is 264 g/mol. The Labute approximate surface area is 112 Å². The van der Waals surface area contributed by atoms with Gasteiger partial charge in [0, 0.05) is 5.92 Å². The van der Waals surface area contributed by atoms with Crippen LogP contribution in [0.3, 0.4) is 0 Å². The average Bonchev–Trinajstić information content (AvgIpc) is 2.76. The molecule has 2 aliphatic carbocycles. The molecule has 0 amide bonds. The normalized spacial score (nSPS) is 52.6. The molecule has 3 rings (SSSR count). The number of esters is 1. The van der Waals surface area contributed by atoms with Gasteiger partial charge in [-0.15, -0.1) is 0 Å². The second kappa shape index (κ2) is 3.69. The highest BCUT2D eigenvalue weighted by Gasteiger charge is 2.67. The SMILES string of the molecule is C[C@H]1C(=O)O[C@@H]2[C@H]1CC[C@H](C)[C@@]1(O)C=CC(=O)[C@@]21C. The number of allylic oxidation sites excluding steroid dienone is 1. The molecule has 3 aliphatic rings. The smallest absolute Gasteiger partial charge is 0.309 e. The number of hydrogen-bond acceptors (Lipinski definition) is 4. The number of ketones is 1. The summed E-state index contributed by atoms with van der Waals surface area (Å²) in [6.45, 7) is 5.58. The molecule has 6 atom stereocenters. The first-order chi connectivity index (χ1) is 8.82. The highest BCUT2D eigenvalue weighted by Crippen LogP contribution is 2.56. The van der Waals surface area contributed by atoms with E-state index in [1.54, 1.807) is 13.0 Å². The van der Waals surface area contributed by atoms with Crippen LogP contribution in [-0.4, -0.2) is 28.6 Å². The van der Waals surface area contributed by atoms with E-state index in [4.69, 9.17) is 4.74 Å². The van der Waals surface area contributed by atoms with E-state index >= 15 is 0 Å². The lowest BCUT2D eigenvalue weighted by atomic mass is 9.64. The topological polar surface area (TPSA) is 63.6 Å². The largest absolute Gasteiger partial charge is 0.461 e. The lowest BCUT2D eigenvalue weighted by molar-refractivity contribution is -0.166. The van der Waals surface area contributed by atoms with Gasteiger partial charge in [0.05, 0.1) is 11.3 Å². The number of carbonyl (C=O) groups excluding carboxylic acids is 2. The van der Waals surface area contributed by atoms with Gasteiger partial charge in [-0.1, -0.05) is 13.8 Å². The van der Waals surface area contributed by atoms with Crippen molar-refractivity contribution in [3.8, 4) is 0 Å².